The standard InChI is InChI=1S/C15H29N3O4.ClH/c1-8(2)7-11(17-13(19)10(5)16)14(20)18-12(9(3)4)15(21)22-6;/h8-12H,7,16H2,1-6H3,(H,17,19)(H,18,20);1H/t10-,11-,12-;/m0./s1. The highest BCUT2D eigenvalue weighted by atomic mass is 35.5. The highest BCUT2D eigenvalue weighted by Crippen LogP contribution is 2.08. The molecule has 0 saturated carbocycles. The zero-order chi connectivity index (χ0) is 17.4. The summed E-state index contributed by atoms with van der Waals surface area (Å²) >= 11 is 0. The molecule has 0 bridgehead atoms. The number of rotatable bonds is 8. The lowest BCUT2D eigenvalue weighted by Gasteiger charge is -2.25. The van der Waals surface area contributed by atoms with E-state index in [1.807, 2.05) is 27.7 Å². The summed E-state index contributed by atoms with van der Waals surface area (Å²) in [6.07, 6.45) is 0.482. The van der Waals surface area contributed by atoms with Gasteiger partial charge in [0.1, 0.15) is 12.1 Å². The van der Waals surface area contributed by atoms with Crippen LogP contribution in [-0.4, -0.2) is 43.0 Å². The fourth-order valence-corrected chi connectivity index (χ4v) is 1.90. The molecule has 3 atom stereocenters. The van der Waals surface area contributed by atoms with Crippen molar-refractivity contribution in [1.29, 1.82) is 0 Å². The molecule has 0 aromatic rings. The summed E-state index contributed by atoms with van der Waals surface area (Å²) in [5.74, 6) is -1.07. The van der Waals surface area contributed by atoms with E-state index in [1.54, 1.807) is 6.92 Å². The fourth-order valence-electron chi connectivity index (χ4n) is 1.90. The van der Waals surface area contributed by atoms with E-state index < -0.39 is 24.1 Å². The van der Waals surface area contributed by atoms with Crippen LogP contribution in [0.1, 0.15) is 41.0 Å². The van der Waals surface area contributed by atoms with E-state index in [-0.39, 0.29) is 36.1 Å². The van der Waals surface area contributed by atoms with Gasteiger partial charge < -0.3 is 33.5 Å². The van der Waals surface area contributed by atoms with Crippen LogP contribution in [0.3, 0.4) is 0 Å². The van der Waals surface area contributed by atoms with Gasteiger partial charge in [-0.15, -0.1) is 0 Å². The number of nitrogens with one attached hydrogen (secondary N) is 2. The van der Waals surface area contributed by atoms with Gasteiger partial charge in [-0.25, -0.2) is 4.79 Å². The molecule has 7 nitrogen and oxygen atoms in total. The van der Waals surface area contributed by atoms with Crippen LogP contribution in [-0.2, 0) is 19.1 Å². The first-order valence-electron chi connectivity index (χ1n) is 7.61. The van der Waals surface area contributed by atoms with Gasteiger partial charge in [0, 0.05) is 0 Å². The van der Waals surface area contributed by atoms with Crippen molar-refractivity contribution in [1.82, 2.24) is 10.6 Å². The molecule has 0 aliphatic carbocycles. The Morgan fingerprint density at radius 1 is 1.00 bits per heavy atom. The average Bonchev–Trinajstić information content (AvgIpc) is 2.41. The second kappa shape index (κ2) is 11.2. The van der Waals surface area contributed by atoms with E-state index in [9.17, 15) is 14.4 Å². The van der Waals surface area contributed by atoms with Crippen molar-refractivity contribution in [3.8, 4) is 0 Å². The van der Waals surface area contributed by atoms with Crippen LogP contribution < -0.4 is 28.8 Å². The number of halogens is 1. The third-order valence-electron chi connectivity index (χ3n) is 3.21. The second-order valence-corrected chi connectivity index (χ2v) is 6.35. The molecule has 0 fully saturated rings. The molecule has 0 unspecified atom stereocenters. The number of esters is 1. The van der Waals surface area contributed by atoms with E-state index in [0.717, 1.165) is 0 Å². The maximum absolute atomic E-state index is 12.4. The summed E-state index contributed by atoms with van der Waals surface area (Å²) in [5.41, 5.74) is 3.64. The smallest absolute Gasteiger partial charge is 0.328 e. The number of methoxy groups -OCH3 is 1. The zero-order valence-corrected chi connectivity index (χ0v) is 15.6. The molecule has 2 amide bonds. The van der Waals surface area contributed by atoms with Gasteiger partial charge in [-0.1, -0.05) is 27.7 Å². The van der Waals surface area contributed by atoms with Crippen molar-refractivity contribution in [2.75, 3.05) is 7.11 Å². The van der Waals surface area contributed by atoms with Crippen molar-refractivity contribution in [3.63, 3.8) is 0 Å². The van der Waals surface area contributed by atoms with Gasteiger partial charge >= 0.3 is 5.97 Å². The Kier molecular flexibility index (Phi) is 11.7. The number of carbonyl (C=O) groups excluding carboxylic acids is 3. The van der Waals surface area contributed by atoms with Gasteiger partial charge in [0.15, 0.2) is 6.04 Å². The van der Waals surface area contributed by atoms with Gasteiger partial charge in [-0.3, -0.25) is 9.59 Å². The topological polar surface area (TPSA) is 112 Å². The first-order chi connectivity index (χ1) is 10.1. The molecule has 0 heterocycles. The van der Waals surface area contributed by atoms with Crippen molar-refractivity contribution >= 4 is 17.8 Å². The van der Waals surface area contributed by atoms with Crippen LogP contribution in [0.15, 0.2) is 0 Å². The number of ether oxygens (including phenoxy) is 1. The number of quaternary nitrogens is 1. The van der Waals surface area contributed by atoms with Gasteiger partial charge in [0.25, 0.3) is 5.91 Å². The molecule has 0 spiro atoms. The molecule has 0 aliphatic heterocycles. The van der Waals surface area contributed by atoms with Crippen molar-refractivity contribution in [3.05, 3.63) is 0 Å². The molecular formula is C15H30ClN3O4. The van der Waals surface area contributed by atoms with Crippen LogP contribution in [0.5, 0.6) is 0 Å². The van der Waals surface area contributed by atoms with Crippen molar-refractivity contribution in [2.45, 2.75) is 59.2 Å². The summed E-state index contributed by atoms with van der Waals surface area (Å²) in [6, 6.07) is -1.88. The van der Waals surface area contributed by atoms with Crippen LogP contribution in [0.2, 0.25) is 0 Å². The quantitative estimate of drug-likeness (QED) is 0.393. The Bertz CT molecular complexity index is 400. The summed E-state index contributed by atoms with van der Waals surface area (Å²) in [4.78, 5) is 36.0. The molecule has 5 N–H and O–H groups in total. The largest absolute Gasteiger partial charge is 1.00 e. The predicted molar refractivity (Wildman–Crippen MR) is 82.5 cm³/mol. The molecule has 23 heavy (non-hydrogen) atoms. The third-order valence-corrected chi connectivity index (χ3v) is 3.21. The summed E-state index contributed by atoms with van der Waals surface area (Å²) in [6.45, 7) is 9.21. The van der Waals surface area contributed by atoms with Crippen molar-refractivity contribution < 1.29 is 37.3 Å². The minimum Gasteiger partial charge on any atom is -1.00 e. The summed E-state index contributed by atoms with van der Waals surface area (Å²) in [5, 5.41) is 5.35. The van der Waals surface area contributed by atoms with Crippen LogP contribution in [0.25, 0.3) is 0 Å². The highest BCUT2D eigenvalue weighted by Gasteiger charge is 2.30. The van der Waals surface area contributed by atoms with Gasteiger partial charge in [-0.2, -0.15) is 0 Å². The van der Waals surface area contributed by atoms with Crippen molar-refractivity contribution in [2.24, 2.45) is 11.8 Å². The lowest BCUT2D eigenvalue weighted by molar-refractivity contribution is -0.398. The SMILES string of the molecule is COC(=O)[C@@H](NC(=O)[C@H](CC(C)C)NC(=O)[C@H](C)[NH3+])C(C)C.[Cl-]. The number of hydrogen-bond donors (Lipinski definition) is 3. The normalized spacial score (nSPS) is 14.5. The Morgan fingerprint density at radius 2 is 1.52 bits per heavy atom. The van der Waals surface area contributed by atoms with Crippen LogP contribution in [0.4, 0.5) is 0 Å². The van der Waals surface area contributed by atoms with Gasteiger partial charge in [0.2, 0.25) is 5.91 Å². The molecule has 0 aliphatic rings. The molecular weight excluding hydrogens is 322 g/mol. The minimum atomic E-state index is -0.735. The Morgan fingerprint density at radius 3 is 1.87 bits per heavy atom. The van der Waals surface area contributed by atoms with Crippen LogP contribution >= 0.6 is 0 Å². The van der Waals surface area contributed by atoms with E-state index in [2.05, 4.69) is 16.4 Å². The minimum absolute atomic E-state index is 0. The molecule has 0 aromatic heterocycles. The highest BCUT2D eigenvalue weighted by molar-refractivity contribution is 5.91. The lowest BCUT2D eigenvalue weighted by Crippen LogP contribution is -3.00. The molecule has 0 saturated heterocycles. The van der Waals surface area contributed by atoms with E-state index in [1.165, 1.54) is 7.11 Å². The molecule has 0 radical (unpaired) electrons. The second-order valence-electron chi connectivity index (χ2n) is 6.35. The fraction of sp³-hybridized carbons (Fsp3) is 0.800. The molecule has 136 valence electrons. The summed E-state index contributed by atoms with van der Waals surface area (Å²) < 4.78 is 4.70. The molecule has 0 aromatic carbocycles. The number of hydrogen-bond acceptors (Lipinski definition) is 4. The van der Waals surface area contributed by atoms with E-state index in [0.29, 0.717) is 6.42 Å². The first kappa shape index (κ1) is 23.9. The lowest BCUT2D eigenvalue weighted by atomic mass is 10.00. The average molecular weight is 352 g/mol. The van der Waals surface area contributed by atoms with Gasteiger partial charge in [0.05, 0.1) is 7.11 Å². The maximum atomic E-state index is 12.4. The predicted octanol–water partition coefficient (Wildman–Crippen LogP) is -3.53. The Balaban J connectivity index is 0. The third kappa shape index (κ3) is 8.76. The zero-order valence-electron chi connectivity index (χ0n) is 14.8. The van der Waals surface area contributed by atoms with Crippen LogP contribution in [0, 0.1) is 11.8 Å². The number of carbonyl (C=O) groups is 3. The first-order valence-corrected chi connectivity index (χ1v) is 7.61. The van der Waals surface area contributed by atoms with Gasteiger partial charge in [-0.05, 0) is 25.2 Å². The Hall–Kier alpha value is -1.34. The maximum Gasteiger partial charge on any atom is 0.328 e. The van der Waals surface area contributed by atoms with E-state index in [4.69, 9.17) is 4.74 Å². The van der Waals surface area contributed by atoms with E-state index >= 15 is 0 Å². The Labute approximate surface area is 144 Å². The molecule has 0 rings (SSSR count). The summed E-state index contributed by atoms with van der Waals surface area (Å²) in [7, 11) is 1.28. The number of amides is 2. The monoisotopic (exact) mass is 351 g/mol. The molecule has 8 heteroatoms.